The molecule has 0 radical (unpaired) electrons. The van der Waals surface area contributed by atoms with Gasteiger partial charge in [-0.3, -0.25) is 4.98 Å². The molecule has 0 amide bonds. The smallest absolute Gasteiger partial charge is 0.167 e. The number of nitrogens with one attached hydrogen (secondary N) is 1. The molecule has 0 aliphatic rings. The largest absolute Gasteiger partial charge is 0.370 e. The van der Waals surface area contributed by atoms with Gasteiger partial charge in [0.15, 0.2) is 5.82 Å². The predicted molar refractivity (Wildman–Crippen MR) is 57.4 cm³/mol. The van der Waals surface area contributed by atoms with Gasteiger partial charge >= 0.3 is 0 Å². The van der Waals surface area contributed by atoms with Gasteiger partial charge < -0.3 is 5.32 Å². The molecule has 0 saturated heterocycles. The molecule has 5 heteroatoms. The third-order valence-electron chi connectivity index (χ3n) is 1.90. The van der Waals surface area contributed by atoms with E-state index in [9.17, 15) is 0 Å². The van der Waals surface area contributed by atoms with Crippen molar-refractivity contribution in [3.63, 3.8) is 0 Å². The van der Waals surface area contributed by atoms with Crippen molar-refractivity contribution < 1.29 is 0 Å². The van der Waals surface area contributed by atoms with E-state index in [1.54, 1.807) is 6.20 Å². The van der Waals surface area contributed by atoms with E-state index in [0.717, 1.165) is 22.8 Å². The van der Waals surface area contributed by atoms with Crippen LogP contribution in [0.25, 0.3) is 11.3 Å². The van der Waals surface area contributed by atoms with Gasteiger partial charge in [-0.1, -0.05) is 0 Å². The maximum atomic E-state index is 4.24. The lowest BCUT2D eigenvalue weighted by Crippen LogP contribution is -1.91. The number of anilines is 1. The Kier molecular flexibility index (Phi) is 2.41. The molecular formula is C9H10N4S. The van der Waals surface area contributed by atoms with Crippen molar-refractivity contribution in [2.75, 3.05) is 12.4 Å². The molecule has 0 atom stereocenters. The molecule has 4 nitrogen and oxygen atoms in total. The second-order valence-corrected chi connectivity index (χ2v) is 3.43. The van der Waals surface area contributed by atoms with E-state index in [1.807, 2.05) is 26.1 Å². The van der Waals surface area contributed by atoms with Crippen LogP contribution in [0.3, 0.4) is 0 Å². The lowest BCUT2D eigenvalue weighted by molar-refractivity contribution is 1.20. The molecule has 1 N–H and O–H groups in total. The number of nitrogens with zero attached hydrogens (tertiary/aromatic N) is 3. The highest BCUT2D eigenvalue weighted by atomic mass is 32.1. The standard InChI is InChI=1S/C9H10N4S/c1-6-5-7(3-4-11-6)8-9(10-2)13-14-12-8/h3-5H,1-2H3,(H,10,13). The Morgan fingerprint density at radius 2 is 2.21 bits per heavy atom. The summed E-state index contributed by atoms with van der Waals surface area (Å²) in [7, 11) is 1.84. The van der Waals surface area contributed by atoms with Crippen LogP contribution in [-0.4, -0.2) is 20.8 Å². The van der Waals surface area contributed by atoms with E-state index < -0.39 is 0 Å². The maximum Gasteiger partial charge on any atom is 0.167 e. The molecule has 0 saturated carbocycles. The van der Waals surface area contributed by atoms with Gasteiger partial charge in [-0.25, -0.2) is 0 Å². The SMILES string of the molecule is CNc1nsnc1-c1ccnc(C)c1. The van der Waals surface area contributed by atoms with Crippen molar-refractivity contribution in [3.05, 3.63) is 24.0 Å². The van der Waals surface area contributed by atoms with E-state index in [2.05, 4.69) is 19.0 Å². The third kappa shape index (κ3) is 1.58. The van der Waals surface area contributed by atoms with Crippen molar-refractivity contribution in [3.8, 4) is 11.3 Å². The Balaban J connectivity index is 2.49. The minimum atomic E-state index is 0.820. The number of hydrogen-bond donors (Lipinski definition) is 1. The summed E-state index contributed by atoms with van der Waals surface area (Å²) in [6, 6.07) is 3.93. The maximum absolute atomic E-state index is 4.24. The molecule has 0 spiro atoms. The van der Waals surface area contributed by atoms with Gasteiger partial charge in [-0.15, -0.1) is 0 Å². The Hall–Kier alpha value is -1.49. The highest BCUT2D eigenvalue weighted by Gasteiger charge is 2.08. The first kappa shape index (κ1) is 9.08. The molecule has 0 fully saturated rings. The first-order valence-corrected chi connectivity index (χ1v) is 4.97. The summed E-state index contributed by atoms with van der Waals surface area (Å²) in [6.07, 6.45) is 1.78. The number of aromatic nitrogens is 3. The van der Waals surface area contributed by atoms with Crippen molar-refractivity contribution in [1.82, 2.24) is 13.7 Å². The van der Waals surface area contributed by atoms with Gasteiger partial charge in [0.2, 0.25) is 0 Å². The third-order valence-corrected chi connectivity index (χ3v) is 2.42. The molecule has 0 bridgehead atoms. The van der Waals surface area contributed by atoms with E-state index in [1.165, 1.54) is 11.7 Å². The molecule has 0 aliphatic heterocycles. The monoisotopic (exact) mass is 206 g/mol. The summed E-state index contributed by atoms with van der Waals surface area (Å²) >= 11 is 1.21. The summed E-state index contributed by atoms with van der Waals surface area (Å²) in [5.74, 6) is 0.820. The fraction of sp³-hybridized carbons (Fsp3) is 0.222. The number of hydrogen-bond acceptors (Lipinski definition) is 5. The molecule has 14 heavy (non-hydrogen) atoms. The number of rotatable bonds is 2. The Morgan fingerprint density at radius 3 is 2.93 bits per heavy atom. The lowest BCUT2D eigenvalue weighted by Gasteiger charge is -2.00. The summed E-state index contributed by atoms with van der Waals surface area (Å²) < 4.78 is 8.38. The average Bonchev–Trinajstić information content (AvgIpc) is 2.65. The molecule has 2 aromatic rings. The molecule has 2 heterocycles. The van der Waals surface area contributed by atoms with Gasteiger partial charge in [0, 0.05) is 24.5 Å². The normalized spacial score (nSPS) is 10.1. The second kappa shape index (κ2) is 3.71. The van der Waals surface area contributed by atoms with Crippen LogP contribution in [0.15, 0.2) is 18.3 Å². The second-order valence-electron chi connectivity index (χ2n) is 2.90. The lowest BCUT2D eigenvalue weighted by atomic mass is 10.2. The zero-order valence-corrected chi connectivity index (χ0v) is 8.80. The Bertz CT molecular complexity index is 438. The van der Waals surface area contributed by atoms with Crippen LogP contribution < -0.4 is 5.32 Å². The van der Waals surface area contributed by atoms with Crippen molar-refractivity contribution >= 4 is 17.5 Å². The number of aryl methyl sites for hydroxylation is 1. The predicted octanol–water partition coefficient (Wildman–Crippen LogP) is 1.95. The molecule has 0 aliphatic carbocycles. The van der Waals surface area contributed by atoms with Gasteiger partial charge in [0.1, 0.15) is 5.69 Å². The number of pyridine rings is 1. The van der Waals surface area contributed by atoms with Crippen molar-refractivity contribution in [1.29, 1.82) is 0 Å². The fourth-order valence-corrected chi connectivity index (χ4v) is 1.81. The fourth-order valence-electron chi connectivity index (χ4n) is 1.23. The summed E-state index contributed by atoms with van der Waals surface area (Å²) in [6.45, 7) is 1.96. The van der Waals surface area contributed by atoms with Gasteiger partial charge in [0.05, 0.1) is 11.7 Å². The highest BCUT2D eigenvalue weighted by Crippen LogP contribution is 2.25. The van der Waals surface area contributed by atoms with E-state index in [4.69, 9.17) is 0 Å². The van der Waals surface area contributed by atoms with Crippen molar-refractivity contribution in [2.24, 2.45) is 0 Å². The van der Waals surface area contributed by atoms with Crippen LogP contribution in [0.2, 0.25) is 0 Å². The van der Waals surface area contributed by atoms with Crippen molar-refractivity contribution in [2.45, 2.75) is 6.92 Å². The average molecular weight is 206 g/mol. The van der Waals surface area contributed by atoms with Crippen LogP contribution in [0, 0.1) is 6.92 Å². The molecule has 0 unspecified atom stereocenters. The molecule has 72 valence electrons. The molecule has 0 aromatic carbocycles. The van der Waals surface area contributed by atoms with Crippen LogP contribution >= 0.6 is 11.7 Å². The van der Waals surface area contributed by atoms with Crippen LogP contribution in [0.1, 0.15) is 5.69 Å². The van der Waals surface area contributed by atoms with Gasteiger partial charge in [-0.05, 0) is 19.1 Å². The zero-order chi connectivity index (χ0) is 9.97. The summed E-state index contributed by atoms with van der Waals surface area (Å²) in [5.41, 5.74) is 2.93. The molecule has 2 aromatic heterocycles. The topological polar surface area (TPSA) is 50.7 Å². The van der Waals surface area contributed by atoms with Crippen LogP contribution in [0.5, 0.6) is 0 Å². The molecular weight excluding hydrogens is 196 g/mol. The van der Waals surface area contributed by atoms with Gasteiger partial charge in [-0.2, -0.15) is 8.75 Å². The first-order valence-electron chi connectivity index (χ1n) is 4.24. The zero-order valence-electron chi connectivity index (χ0n) is 7.98. The van der Waals surface area contributed by atoms with E-state index >= 15 is 0 Å². The minimum absolute atomic E-state index is 0.820. The van der Waals surface area contributed by atoms with Gasteiger partial charge in [0.25, 0.3) is 0 Å². The Morgan fingerprint density at radius 1 is 1.36 bits per heavy atom. The van der Waals surface area contributed by atoms with Crippen LogP contribution in [0.4, 0.5) is 5.82 Å². The highest BCUT2D eigenvalue weighted by molar-refractivity contribution is 6.99. The van der Waals surface area contributed by atoms with Crippen LogP contribution in [-0.2, 0) is 0 Å². The Labute approximate surface area is 86.3 Å². The minimum Gasteiger partial charge on any atom is -0.370 e. The summed E-state index contributed by atoms with van der Waals surface area (Å²) in [5, 5.41) is 3.01. The van der Waals surface area contributed by atoms with E-state index in [-0.39, 0.29) is 0 Å². The summed E-state index contributed by atoms with van der Waals surface area (Å²) in [4.78, 5) is 4.14. The molecule has 2 rings (SSSR count). The van der Waals surface area contributed by atoms with E-state index in [0.29, 0.717) is 0 Å². The first-order chi connectivity index (χ1) is 6.81. The quantitative estimate of drug-likeness (QED) is 0.816.